The van der Waals surface area contributed by atoms with Gasteiger partial charge in [-0.25, -0.2) is 12.8 Å². The lowest BCUT2D eigenvalue weighted by Crippen LogP contribution is -2.26. The van der Waals surface area contributed by atoms with Crippen LogP contribution in [-0.4, -0.2) is 24.8 Å². The number of rotatable bonds is 4. The van der Waals surface area contributed by atoms with Gasteiger partial charge in [-0.2, -0.15) is 4.31 Å². The van der Waals surface area contributed by atoms with Gasteiger partial charge >= 0.3 is 0 Å². The van der Waals surface area contributed by atoms with Crippen LogP contribution in [0.3, 0.4) is 0 Å². The molecule has 0 saturated heterocycles. The van der Waals surface area contributed by atoms with Crippen LogP contribution < -0.4 is 0 Å². The molecule has 20 heavy (non-hydrogen) atoms. The third-order valence-electron chi connectivity index (χ3n) is 2.71. The van der Waals surface area contributed by atoms with Crippen LogP contribution in [0.1, 0.15) is 5.56 Å². The number of halogens is 2. The van der Waals surface area contributed by atoms with Crippen LogP contribution in [0.2, 0.25) is 0 Å². The van der Waals surface area contributed by atoms with Gasteiger partial charge < -0.3 is 0 Å². The number of aromatic nitrogens is 1. The molecule has 0 aliphatic heterocycles. The first kappa shape index (κ1) is 15.1. The maximum Gasteiger partial charge on any atom is 0.244 e. The lowest BCUT2D eigenvalue weighted by molar-refractivity contribution is 0.466. The molecular weight excluding hydrogens is 347 g/mol. The van der Waals surface area contributed by atoms with E-state index in [9.17, 15) is 12.8 Å². The van der Waals surface area contributed by atoms with Gasteiger partial charge in [0.2, 0.25) is 10.0 Å². The van der Waals surface area contributed by atoms with Gasteiger partial charge in [-0.05, 0) is 39.7 Å². The first-order valence-electron chi connectivity index (χ1n) is 5.71. The Labute approximate surface area is 125 Å². The molecule has 2 aromatic rings. The minimum atomic E-state index is -3.62. The van der Waals surface area contributed by atoms with E-state index in [4.69, 9.17) is 0 Å². The lowest BCUT2D eigenvalue weighted by atomic mass is 10.2. The molecule has 0 amide bonds. The first-order chi connectivity index (χ1) is 9.39. The van der Waals surface area contributed by atoms with Crippen molar-refractivity contribution in [3.05, 3.63) is 58.6 Å². The Balaban J connectivity index is 2.23. The monoisotopic (exact) mass is 358 g/mol. The molecule has 0 aliphatic carbocycles. The molecule has 1 aromatic heterocycles. The second kappa shape index (κ2) is 5.99. The minimum absolute atomic E-state index is 0.108. The number of benzene rings is 1. The van der Waals surface area contributed by atoms with E-state index in [0.29, 0.717) is 10.0 Å². The fourth-order valence-electron chi connectivity index (χ4n) is 1.65. The van der Waals surface area contributed by atoms with Crippen molar-refractivity contribution in [3.8, 4) is 0 Å². The van der Waals surface area contributed by atoms with Crippen molar-refractivity contribution in [1.29, 1.82) is 0 Å². The Bertz CT molecular complexity index is 705. The predicted molar refractivity (Wildman–Crippen MR) is 77.0 cm³/mol. The quantitative estimate of drug-likeness (QED) is 0.844. The van der Waals surface area contributed by atoms with Gasteiger partial charge in [-0.3, -0.25) is 4.98 Å². The fourth-order valence-corrected chi connectivity index (χ4v) is 3.31. The van der Waals surface area contributed by atoms with Crippen molar-refractivity contribution in [3.63, 3.8) is 0 Å². The summed E-state index contributed by atoms with van der Waals surface area (Å²) in [7, 11) is -2.15. The van der Waals surface area contributed by atoms with Crippen molar-refractivity contribution in [2.75, 3.05) is 7.05 Å². The number of hydrogen-bond donors (Lipinski definition) is 0. The highest BCUT2D eigenvalue weighted by atomic mass is 79.9. The summed E-state index contributed by atoms with van der Waals surface area (Å²) in [5.74, 6) is -0.351. The molecule has 0 bridgehead atoms. The van der Waals surface area contributed by atoms with Gasteiger partial charge in [0.25, 0.3) is 0 Å². The average molecular weight is 359 g/mol. The van der Waals surface area contributed by atoms with Crippen LogP contribution in [0, 0.1) is 5.82 Å². The van der Waals surface area contributed by atoms with E-state index in [1.807, 2.05) is 0 Å². The van der Waals surface area contributed by atoms with Crippen LogP contribution in [0.15, 0.2) is 52.1 Å². The van der Waals surface area contributed by atoms with E-state index in [1.165, 1.54) is 41.9 Å². The summed E-state index contributed by atoms with van der Waals surface area (Å²) in [5.41, 5.74) is 0.709. The van der Waals surface area contributed by atoms with E-state index in [1.54, 1.807) is 12.1 Å². The molecule has 0 aliphatic rings. The molecule has 0 fully saturated rings. The molecule has 0 radical (unpaired) electrons. The average Bonchev–Trinajstić information content (AvgIpc) is 2.41. The standard InChI is InChI=1S/C13H12BrFN2O2S/c1-17(9-10-2-4-12(15)5-3-10)20(18,19)13-6-11(14)7-16-8-13/h2-8H,9H2,1H3. The molecule has 0 unspecified atom stereocenters. The van der Waals surface area contributed by atoms with E-state index in [2.05, 4.69) is 20.9 Å². The number of nitrogens with zero attached hydrogens (tertiary/aromatic N) is 2. The number of hydrogen-bond acceptors (Lipinski definition) is 3. The normalized spacial score (nSPS) is 11.8. The summed E-state index contributed by atoms with van der Waals surface area (Å²) < 4.78 is 39.3. The molecule has 0 N–H and O–H groups in total. The van der Waals surface area contributed by atoms with Crippen molar-refractivity contribution >= 4 is 26.0 Å². The lowest BCUT2D eigenvalue weighted by Gasteiger charge is -2.17. The van der Waals surface area contributed by atoms with Crippen LogP contribution in [-0.2, 0) is 16.6 Å². The Morgan fingerprint density at radius 3 is 2.50 bits per heavy atom. The van der Waals surface area contributed by atoms with Gasteiger partial charge in [-0.15, -0.1) is 0 Å². The van der Waals surface area contributed by atoms with E-state index in [0.717, 1.165) is 0 Å². The summed E-state index contributed by atoms with van der Waals surface area (Å²) in [4.78, 5) is 3.96. The third kappa shape index (κ3) is 3.41. The van der Waals surface area contributed by atoms with Crippen LogP contribution in [0.4, 0.5) is 4.39 Å². The topological polar surface area (TPSA) is 50.3 Å². The zero-order valence-electron chi connectivity index (χ0n) is 10.6. The summed E-state index contributed by atoms with van der Waals surface area (Å²) in [6.45, 7) is 0.162. The first-order valence-corrected chi connectivity index (χ1v) is 7.94. The predicted octanol–water partition coefficient (Wildman–Crippen LogP) is 2.80. The van der Waals surface area contributed by atoms with Crippen molar-refractivity contribution in [1.82, 2.24) is 9.29 Å². The van der Waals surface area contributed by atoms with Crippen LogP contribution in [0.5, 0.6) is 0 Å². The SMILES string of the molecule is CN(Cc1ccc(F)cc1)S(=O)(=O)c1cncc(Br)c1. The molecule has 4 nitrogen and oxygen atoms in total. The van der Waals surface area contributed by atoms with Crippen LogP contribution in [0.25, 0.3) is 0 Å². The van der Waals surface area contributed by atoms with Crippen LogP contribution >= 0.6 is 15.9 Å². The fraction of sp³-hybridized carbons (Fsp3) is 0.154. The second-order valence-electron chi connectivity index (χ2n) is 4.23. The summed E-state index contributed by atoms with van der Waals surface area (Å²) in [5, 5.41) is 0. The molecule has 1 aromatic carbocycles. The molecule has 1 heterocycles. The Kier molecular flexibility index (Phi) is 4.52. The largest absolute Gasteiger partial charge is 0.262 e. The number of sulfonamides is 1. The number of pyridine rings is 1. The Hall–Kier alpha value is -1.31. The Morgan fingerprint density at radius 2 is 1.90 bits per heavy atom. The van der Waals surface area contributed by atoms with Gasteiger partial charge in [-0.1, -0.05) is 12.1 Å². The smallest absolute Gasteiger partial charge is 0.244 e. The van der Waals surface area contributed by atoms with E-state index in [-0.39, 0.29) is 17.3 Å². The van der Waals surface area contributed by atoms with Crippen molar-refractivity contribution in [2.24, 2.45) is 0 Å². The second-order valence-corrected chi connectivity index (χ2v) is 7.19. The maximum absolute atomic E-state index is 12.8. The third-order valence-corrected chi connectivity index (χ3v) is 4.91. The summed E-state index contributed by atoms with van der Waals surface area (Å²) in [6, 6.07) is 7.21. The van der Waals surface area contributed by atoms with Crippen molar-refractivity contribution < 1.29 is 12.8 Å². The highest BCUT2D eigenvalue weighted by Gasteiger charge is 2.21. The van der Waals surface area contributed by atoms with E-state index >= 15 is 0 Å². The molecule has 2 rings (SSSR count). The highest BCUT2D eigenvalue weighted by molar-refractivity contribution is 9.10. The molecular formula is C13H12BrFN2O2S. The van der Waals surface area contributed by atoms with Gasteiger partial charge in [0.1, 0.15) is 10.7 Å². The summed E-state index contributed by atoms with van der Waals surface area (Å²) in [6.07, 6.45) is 2.81. The highest BCUT2D eigenvalue weighted by Crippen LogP contribution is 2.19. The van der Waals surface area contributed by atoms with Gasteiger partial charge in [0.15, 0.2) is 0 Å². The molecule has 0 atom stereocenters. The zero-order chi connectivity index (χ0) is 14.8. The summed E-state index contributed by atoms with van der Waals surface area (Å²) >= 11 is 3.19. The van der Waals surface area contributed by atoms with E-state index < -0.39 is 10.0 Å². The molecule has 0 saturated carbocycles. The van der Waals surface area contributed by atoms with Crippen molar-refractivity contribution in [2.45, 2.75) is 11.4 Å². The van der Waals surface area contributed by atoms with Gasteiger partial charge in [0.05, 0.1) is 0 Å². The maximum atomic E-state index is 12.8. The molecule has 106 valence electrons. The molecule has 0 spiro atoms. The zero-order valence-corrected chi connectivity index (χ0v) is 13.0. The minimum Gasteiger partial charge on any atom is -0.262 e. The van der Waals surface area contributed by atoms with Gasteiger partial charge in [0, 0.05) is 30.5 Å². The molecule has 7 heteroatoms. The Morgan fingerprint density at radius 1 is 1.25 bits per heavy atom.